The lowest BCUT2D eigenvalue weighted by atomic mass is 9.44. The maximum Gasteiger partial charge on any atom is 0.434 e. The maximum atomic E-state index is 13.4. The van der Waals surface area contributed by atoms with Crippen molar-refractivity contribution >= 4 is 23.4 Å². The van der Waals surface area contributed by atoms with Crippen LogP contribution in [0.1, 0.15) is 25.0 Å². The molecule has 3 aliphatic carbocycles. The fourth-order valence-corrected chi connectivity index (χ4v) is 4.23. The summed E-state index contributed by atoms with van der Waals surface area (Å²) in [5, 5.41) is 5.60. The van der Waals surface area contributed by atoms with Crippen LogP contribution in [-0.4, -0.2) is 46.1 Å². The Bertz CT molecular complexity index is 1060. The van der Waals surface area contributed by atoms with Gasteiger partial charge in [0.25, 0.3) is 11.8 Å². The number of hydrogen-bond donors (Lipinski definition) is 2. The van der Waals surface area contributed by atoms with Gasteiger partial charge in [0.15, 0.2) is 18.9 Å². The van der Waals surface area contributed by atoms with Gasteiger partial charge in [0.05, 0.1) is 17.4 Å². The number of ether oxygens (including phenoxy) is 2. The van der Waals surface area contributed by atoms with Crippen LogP contribution >= 0.6 is 11.6 Å². The second kappa shape index (κ2) is 8.32. The Morgan fingerprint density at radius 3 is 2.12 bits per heavy atom. The van der Waals surface area contributed by atoms with Crippen LogP contribution in [0.25, 0.3) is 0 Å². The molecule has 8 nitrogen and oxygen atoms in total. The van der Waals surface area contributed by atoms with Crippen LogP contribution in [0, 0.1) is 5.82 Å². The molecule has 3 aliphatic rings. The number of aromatic nitrogens is 2. The second-order valence-corrected chi connectivity index (χ2v) is 8.49. The Hall–Kier alpha value is -3.15. The van der Waals surface area contributed by atoms with Crippen molar-refractivity contribution in [2.45, 2.75) is 36.5 Å². The smallest absolute Gasteiger partial charge is 0.434 e. The van der Waals surface area contributed by atoms with Crippen molar-refractivity contribution in [1.82, 2.24) is 20.6 Å². The van der Waals surface area contributed by atoms with Crippen LogP contribution in [0.15, 0.2) is 30.6 Å². The molecule has 2 bridgehead atoms. The lowest BCUT2D eigenvalue weighted by molar-refractivity contribution is -0.151. The molecule has 1 heterocycles. The molecule has 0 atom stereocenters. The van der Waals surface area contributed by atoms with E-state index in [1.54, 1.807) is 0 Å². The van der Waals surface area contributed by atoms with Gasteiger partial charge in [0, 0.05) is 17.1 Å². The van der Waals surface area contributed by atoms with Crippen LogP contribution in [-0.2, 0) is 15.8 Å². The number of hydrogen-bond acceptors (Lipinski definition) is 6. The number of alkyl halides is 3. The van der Waals surface area contributed by atoms with Gasteiger partial charge in [0.1, 0.15) is 11.6 Å². The second-order valence-electron chi connectivity index (χ2n) is 8.08. The van der Waals surface area contributed by atoms with E-state index < -0.39 is 41.3 Å². The molecule has 1 aromatic heterocycles. The zero-order valence-corrected chi connectivity index (χ0v) is 17.6. The Labute approximate surface area is 189 Å². The number of benzene rings is 1. The largest absolute Gasteiger partial charge is 0.484 e. The van der Waals surface area contributed by atoms with Gasteiger partial charge in [-0.05, 0) is 31.4 Å². The Morgan fingerprint density at radius 2 is 1.61 bits per heavy atom. The van der Waals surface area contributed by atoms with Gasteiger partial charge < -0.3 is 20.1 Å². The average molecular weight is 489 g/mol. The fourth-order valence-electron chi connectivity index (χ4n) is 4.11. The number of halogens is 5. The third-order valence-corrected chi connectivity index (χ3v) is 5.68. The summed E-state index contributed by atoms with van der Waals surface area (Å²) < 4.78 is 61.1. The number of rotatable bonds is 8. The quantitative estimate of drug-likeness (QED) is 0.554. The highest BCUT2D eigenvalue weighted by molar-refractivity contribution is 6.30. The van der Waals surface area contributed by atoms with Gasteiger partial charge in [-0.15, -0.1) is 0 Å². The minimum Gasteiger partial charge on any atom is -0.484 e. The number of carbonyl (C=O) groups excluding carboxylic acids is 2. The number of carbonyl (C=O) groups is 2. The van der Waals surface area contributed by atoms with Gasteiger partial charge in [-0.25, -0.2) is 14.4 Å². The van der Waals surface area contributed by atoms with Crippen molar-refractivity contribution in [1.29, 1.82) is 0 Å². The first-order valence-electron chi connectivity index (χ1n) is 9.70. The van der Waals surface area contributed by atoms with Gasteiger partial charge in [-0.3, -0.25) is 9.59 Å². The predicted octanol–water partition coefficient (Wildman–Crippen LogP) is 2.65. The number of amides is 2. The maximum absolute atomic E-state index is 13.4. The van der Waals surface area contributed by atoms with Gasteiger partial charge in [0.2, 0.25) is 5.88 Å². The molecule has 0 spiro atoms. The van der Waals surface area contributed by atoms with E-state index in [1.807, 2.05) is 0 Å². The summed E-state index contributed by atoms with van der Waals surface area (Å²) in [7, 11) is 0. The van der Waals surface area contributed by atoms with E-state index in [2.05, 4.69) is 20.6 Å². The molecular formula is C20H17ClF4N4O4. The monoisotopic (exact) mass is 488 g/mol. The van der Waals surface area contributed by atoms with Gasteiger partial charge in [-0.1, -0.05) is 11.6 Å². The Balaban J connectivity index is 1.16. The first-order valence-corrected chi connectivity index (χ1v) is 10.1. The van der Waals surface area contributed by atoms with Crippen molar-refractivity contribution in [3.8, 4) is 11.6 Å². The van der Waals surface area contributed by atoms with E-state index in [9.17, 15) is 27.2 Å². The first kappa shape index (κ1) is 23.0. The van der Waals surface area contributed by atoms with Crippen molar-refractivity contribution < 1.29 is 36.6 Å². The summed E-state index contributed by atoms with van der Waals surface area (Å²) >= 11 is 5.59. The molecule has 2 N–H and O–H groups in total. The molecule has 0 aliphatic heterocycles. The zero-order valence-electron chi connectivity index (χ0n) is 16.8. The molecule has 2 amide bonds. The van der Waals surface area contributed by atoms with E-state index in [0.29, 0.717) is 25.5 Å². The van der Waals surface area contributed by atoms with Crippen molar-refractivity contribution in [3.05, 3.63) is 47.1 Å². The van der Waals surface area contributed by atoms with Crippen LogP contribution in [0.4, 0.5) is 17.6 Å². The van der Waals surface area contributed by atoms with E-state index in [4.69, 9.17) is 21.1 Å². The third-order valence-electron chi connectivity index (χ3n) is 5.37. The average Bonchev–Trinajstić information content (AvgIpc) is 2.70. The summed E-state index contributed by atoms with van der Waals surface area (Å²) in [6.07, 6.45) is -1.73. The topological polar surface area (TPSA) is 102 Å². The molecule has 0 radical (unpaired) electrons. The lowest BCUT2D eigenvalue weighted by Crippen LogP contribution is -2.84. The highest BCUT2D eigenvalue weighted by atomic mass is 35.5. The van der Waals surface area contributed by atoms with Gasteiger partial charge in [-0.2, -0.15) is 13.2 Å². The standard InChI is InChI=1S/C20H17ClF4N4O4/c21-12-2-1-11(3-13(12)22)32-6-15(30)28-18-8-19(9-18,10-18)29-16(31)7-33-17-5-26-14(4-27-17)20(23,24)25/h1-5H,6-10H2,(H,28,30)(H,29,31). The number of nitrogens with one attached hydrogen (secondary N) is 2. The lowest BCUT2D eigenvalue weighted by Gasteiger charge is -2.70. The molecule has 3 saturated carbocycles. The summed E-state index contributed by atoms with van der Waals surface area (Å²) in [4.78, 5) is 30.9. The Kier molecular flexibility index (Phi) is 5.81. The third kappa shape index (κ3) is 5.10. The summed E-state index contributed by atoms with van der Waals surface area (Å²) in [5.74, 6) is -1.54. The summed E-state index contributed by atoms with van der Waals surface area (Å²) in [6, 6.07) is 3.85. The van der Waals surface area contributed by atoms with E-state index in [0.717, 1.165) is 12.3 Å². The van der Waals surface area contributed by atoms with Crippen molar-refractivity contribution in [2.75, 3.05) is 13.2 Å². The Morgan fingerprint density at radius 1 is 1.00 bits per heavy atom. The van der Waals surface area contributed by atoms with E-state index >= 15 is 0 Å². The molecule has 13 heteroatoms. The minimum atomic E-state index is -4.61. The van der Waals surface area contributed by atoms with Gasteiger partial charge >= 0.3 is 6.18 Å². The zero-order chi connectivity index (χ0) is 23.9. The molecule has 3 fully saturated rings. The van der Waals surface area contributed by atoms with E-state index in [1.165, 1.54) is 12.1 Å². The molecular weight excluding hydrogens is 472 g/mol. The SMILES string of the molecule is O=C(COc1ccc(Cl)c(F)c1)NC12CC(NC(=O)COc3cnc(C(F)(F)F)cn3)(C1)C2. The minimum absolute atomic E-state index is 0.0503. The molecule has 0 unspecified atom stereocenters. The molecule has 1 aromatic carbocycles. The van der Waals surface area contributed by atoms with Crippen LogP contribution < -0.4 is 20.1 Å². The fraction of sp³-hybridized carbons (Fsp3) is 0.400. The molecule has 176 valence electrons. The first-order chi connectivity index (χ1) is 15.5. The van der Waals surface area contributed by atoms with Crippen LogP contribution in [0.5, 0.6) is 11.6 Å². The molecule has 0 saturated heterocycles. The summed E-state index contributed by atoms with van der Waals surface area (Å²) in [5.41, 5.74) is -2.05. The molecule has 5 rings (SSSR count). The van der Waals surface area contributed by atoms with E-state index in [-0.39, 0.29) is 29.2 Å². The summed E-state index contributed by atoms with van der Waals surface area (Å²) in [6.45, 7) is -0.739. The highest BCUT2D eigenvalue weighted by Crippen LogP contribution is 2.60. The van der Waals surface area contributed by atoms with Crippen molar-refractivity contribution in [3.63, 3.8) is 0 Å². The number of nitrogens with zero attached hydrogens (tertiary/aromatic N) is 2. The van der Waals surface area contributed by atoms with Crippen molar-refractivity contribution in [2.24, 2.45) is 0 Å². The van der Waals surface area contributed by atoms with Crippen LogP contribution in [0.3, 0.4) is 0 Å². The highest BCUT2D eigenvalue weighted by Gasteiger charge is 2.69. The molecule has 33 heavy (non-hydrogen) atoms. The normalized spacial score (nSPS) is 23.1. The predicted molar refractivity (Wildman–Crippen MR) is 105 cm³/mol. The van der Waals surface area contributed by atoms with Crippen LogP contribution in [0.2, 0.25) is 5.02 Å². The molecule has 2 aromatic rings.